The number of rotatable bonds is 4. The van der Waals surface area contributed by atoms with Gasteiger partial charge in [-0.05, 0) is 17.7 Å². The molecule has 2 nitrogen and oxygen atoms in total. The second kappa shape index (κ2) is 5.71. The molecule has 0 bridgehead atoms. The SMILES string of the molecule is NCC(C(=O)c1cc(F)cc(F)c1)c1ccccc1. The Kier molecular flexibility index (Phi) is 4.02. The van der Waals surface area contributed by atoms with E-state index >= 15 is 0 Å². The molecule has 0 amide bonds. The van der Waals surface area contributed by atoms with E-state index in [-0.39, 0.29) is 17.9 Å². The van der Waals surface area contributed by atoms with E-state index in [1.54, 1.807) is 24.3 Å². The van der Waals surface area contributed by atoms with Gasteiger partial charge in [-0.2, -0.15) is 0 Å². The number of carbonyl (C=O) groups is 1. The van der Waals surface area contributed by atoms with Crippen LogP contribution in [0, 0.1) is 11.6 Å². The predicted molar refractivity (Wildman–Crippen MR) is 68.9 cm³/mol. The van der Waals surface area contributed by atoms with Crippen molar-refractivity contribution in [3.05, 3.63) is 71.3 Å². The summed E-state index contributed by atoms with van der Waals surface area (Å²) in [7, 11) is 0. The third kappa shape index (κ3) is 3.03. The van der Waals surface area contributed by atoms with Crippen molar-refractivity contribution < 1.29 is 13.6 Å². The Bertz CT molecular complexity index is 564. The molecule has 0 spiro atoms. The Labute approximate surface area is 109 Å². The zero-order valence-corrected chi connectivity index (χ0v) is 10.1. The van der Waals surface area contributed by atoms with Crippen molar-refractivity contribution >= 4 is 5.78 Å². The van der Waals surface area contributed by atoms with Gasteiger partial charge in [-0.1, -0.05) is 30.3 Å². The van der Waals surface area contributed by atoms with Crippen molar-refractivity contribution in [2.75, 3.05) is 6.54 Å². The molecule has 0 aliphatic heterocycles. The average Bonchev–Trinajstić information content (AvgIpc) is 2.39. The normalized spacial score (nSPS) is 12.2. The molecule has 0 saturated heterocycles. The first kappa shape index (κ1) is 13.4. The summed E-state index contributed by atoms with van der Waals surface area (Å²) in [5.41, 5.74) is 6.34. The minimum Gasteiger partial charge on any atom is -0.329 e. The lowest BCUT2D eigenvalue weighted by Gasteiger charge is -2.14. The summed E-state index contributed by atoms with van der Waals surface area (Å²) < 4.78 is 26.3. The highest BCUT2D eigenvalue weighted by atomic mass is 19.1. The molecule has 2 rings (SSSR count). The van der Waals surface area contributed by atoms with Gasteiger partial charge in [0.25, 0.3) is 0 Å². The van der Waals surface area contributed by atoms with E-state index in [4.69, 9.17) is 5.73 Å². The van der Waals surface area contributed by atoms with Gasteiger partial charge in [0, 0.05) is 18.2 Å². The molecule has 0 aromatic heterocycles. The maximum absolute atomic E-state index is 13.1. The zero-order valence-electron chi connectivity index (χ0n) is 10.1. The number of nitrogens with two attached hydrogens (primary N) is 1. The predicted octanol–water partition coefficient (Wildman–Crippen LogP) is 2.89. The van der Waals surface area contributed by atoms with Crippen molar-refractivity contribution in [3.63, 3.8) is 0 Å². The first-order valence-electron chi connectivity index (χ1n) is 5.87. The van der Waals surface area contributed by atoms with Crippen LogP contribution in [0.1, 0.15) is 21.8 Å². The fourth-order valence-electron chi connectivity index (χ4n) is 1.98. The number of carbonyl (C=O) groups excluding carboxylic acids is 1. The molecule has 0 aliphatic carbocycles. The van der Waals surface area contributed by atoms with E-state index < -0.39 is 17.6 Å². The maximum atomic E-state index is 13.1. The molecule has 2 aromatic rings. The van der Waals surface area contributed by atoms with Crippen LogP contribution < -0.4 is 5.73 Å². The summed E-state index contributed by atoms with van der Waals surface area (Å²) in [6.45, 7) is 0.0843. The zero-order chi connectivity index (χ0) is 13.8. The summed E-state index contributed by atoms with van der Waals surface area (Å²) in [5.74, 6) is -2.52. The van der Waals surface area contributed by atoms with Crippen LogP contribution in [0.3, 0.4) is 0 Å². The van der Waals surface area contributed by atoms with Crippen LogP contribution >= 0.6 is 0 Å². The minimum atomic E-state index is -0.771. The van der Waals surface area contributed by atoms with Crippen LogP contribution in [0.25, 0.3) is 0 Å². The standard InChI is InChI=1S/C15H13F2NO/c16-12-6-11(7-13(17)8-12)15(19)14(9-18)10-4-2-1-3-5-10/h1-8,14H,9,18H2. The summed E-state index contributed by atoms with van der Waals surface area (Å²) in [5, 5.41) is 0. The highest BCUT2D eigenvalue weighted by molar-refractivity contribution is 6.01. The Balaban J connectivity index is 2.36. The first-order chi connectivity index (χ1) is 9.11. The van der Waals surface area contributed by atoms with Gasteiger partial charge >= 0.3 is 0 Å². The number of hydrogen-bond acceptors (Lipinski definition) is 2. The molecule has 0 fully saturated rings. The van der Waals surface area contributed by atoms with Gasteiger partial charge in [-0.3, -0.25) is 4.79 Å². The number of ketones is 1. The number of Topliss-reactive ketones (excluding diaryl/α,β-unsaturated/α-hetero) is 1. The van der Waals surface area contributed by atoms with Crippen LogP contribution in [0.5, 0.6) is 0 Å². The molecule has 2 aromatic carbocycles. The molecule has 0 saturated carbocycles. The summed E-state index contributed by atoms with van der Waals surface area (Å²) in [6, 6.07) is 11.7. The molecule has 98 valence electrons. The highest BCUT2D eigenvalue weighted by Crippen LogP contribution is 2.21. The number of hydrogen-bond donors (Lipinski definition) is 1. The van der Waals surface area contributed by atoms with Crippen molar-refractivity contribution in [3.8, 4) is 0 Å². The van der Waals surface area contributed by atoms with E-state index in [1.807, 2.05) is 6.07 Å². The third-order valence-corrected chi connectivity index (χ3v) is 2.90. The monoisotopic (exact) mass is 261 g/mol. The number of benzene rings is 2. The van der Waals surface area contributed by atoms with Crippen molar-refractivity contribution in [1.29, 1.82) is 0 Å². The van der Waals surface area contributed by atoms with Crippen LogP contribution in [-0.4, -0.2) is 12.3 Å². The first-order valence-corrected chi connectivity index (χ1v) is 5.87. The molecular weight excluding hydrogens is 248 g/mol. The lowest BCUT2D eigenvalue weighted by molar-refractivity contribution is 0.0961. The second-order valence-electron chi connectivity index (χ2n) is 4.22. The molecule has 0 radical (unpaired) electrons. The Morgan fingerprint density at radius 2 is 1.63 bits per heavy atom. The average molecular weight is 261 g/mol. The minimum absolute atomic E-state index is 0.00296. The summed E-state index contributed by atoms with van der Waals surface area (Å²) in [4.78, 5) is 12.3. The third-order valence-electron chi connectivity index (χ3n) is 2.90. The van der Waals surface area contributed by atoms with E-state index in [0.717, 1.165) is 23.8 Å². The van der Waals surface area contributed by atoms with Gasteiger partial charge in [0.2, 0.25) is 0 Å². The Morgan fingerprint density at radius 3 is 2.16 bits per heavy atom. The van der Waals surface area contributed by atoms with Crippen LogP contribution in [0.2, 0.25) is 0 Å². The van der Waals surface area contributed by atoms with Crippen LogP contribution in [-0.2, 0) is 0 Å². The lowest BCUT2D eigenvalue weighted by Crippen LogP contribution is -2.22. The molecular formula is C15H13F2NO. The van der Waals surface area contributed by atoms with E-state index in [1.165, 1.54) is 0 Å². The quantitative estimate of drug-likeness (QED) is 0.860. The fourth-order valence-corrected chi connectivity index (χ4v) is 1.98. The molecule has 19 heavy (non-hydrogen) atoms. The van der Waals surface area contributed by atoms with Gasteiger partial charge < -0.3 is 5.73 Å². The topological polar surface area (TPSA) is 43.1 Å². The summed E-state index contributed by atoms with van der Waals surface area (Å²) in [6.07, 6.45) is 0. The molecule has 0 heterocycles. The van der Waals surface area contributed by atoms with Gasteiger partial charge in [-0.25, -0.2) is 8.78 Å². The molecule has 1 unspecified atom stereocenters. The number of halogens is 2. The molecule has 2 N–H and O–H groups in total. The van der Waals surface area contributed by atoms with Gasteiger partial charge in [0.1, 0.15) is 11.6 Å². The lowest BCUT2D eigenvalue weighted by atomic mass is 9.91. The Hall–Kier alpha value is -2.07. The van der Waals surface area contributed by atoms with E-state index in [0.29, 0.717) is 0 Å². The second-order valence-corrected chi connectivity index (χ2v) is 4.22. The molecule has 1 atom stereocenters. The van der Waals surface area contributed by atoms with Gasteiger partial charge in [0.15, 0.2) is 5.78 Å². The van der Waals surface area contributed by atoms with Crippen molar-refractivity contribution in [2.45, 2.75) is 5.92 Å². The maximum Gasteiger partial charge on any atom is 0.171 e. The molecule has 0 aliphatic rings. The van der Waals surface area contributed by atoms with Crippen molar-refractivity contribution in [1.82, 2.24) is 0 Å². The van der Waals surface area contributed by atoms with Crippen LogP contribution in [0.15, 0.2) is 48.5 Å². The Morgan fingerprint density at radius 1 is 1.05 bits per heavy atom. The highest BCUT2D eigenvalue weighted by Gasteiger charge is 2.21. The summed E-state index contributed by atoms with van der Waals surface area (Å²) >= 11 is 0. The fraction of sp³-hybridized carbons (Fsp3) is 0.133. The molecule has 4 heteroatoms. The van der Waals surface area contributed by atoms with Gasteiger partial charge in [0.05, 0.1) is 5.92 Å². The van der Waals surface area contributed by atoms with E-state index in [2.05, 4.69) is 0 Å². The van der Waals surface area contributed by atoms with E-state index in [9.17, 15) is 13.6 Å². The van der Waals surface area contributed by atoms with Gasteiger partial charge in [-0.15, -0.1) is 0 Å². The van der Waals surface area contributed by atoms with Crippen molar-refractivity contribution in [2.24, 2.45) is 5.73 Å². The smallest absolute Gasteiger partial charge is 0.171 e. The largest absolute Gasteiger partial charge is 0.329 e. The van der Waals surface area contributed by atoms with Crippen LogP contribution in [0.4, 0.5) is 8.78 Å².